The molecule has 0 bridgehead atoms. The molecular weight excluding hydrogens is 264 g/mol. The molecule has 2 atom stereocenters. The molecule has 0 saturated carbocycles. The molecule has 4 nitrogen and oxygen atoms in total. The summed E-state index contributed by atoms with van der Waals surface area (Å²) in [4.78, 5) is 12.1. The molecule has 2 rings (SSSR count). The zero-order valence-corrected chi connectivity index (χ0v) is 11.7. The van der Waals surface area contributed by atoms with Gasteiger partial charge in [-0.1, -0.05) is 30.7 Å². The molecule has 19 heavy (non-hydrogen) atoms. The summed E-state index contributed by atoms with van der Waals surface area (Å²) in [5, 5.41) is 6.85. The number of hydrogen-bond acceptors (Lipinski definition) is 3. The van der Waals surface area contributed by atoms with Crippen molar-refractivity contribution >= 4 is 17.5 Å². The van der Waals surface area contributed by atoms with Gasteiger partial charge in [-0.2, -0.15) is 0 Å². The maximum absolute atomic E-state index is 12.1. The molecule has 0 spiro atoms. The van der Waals surface area contributed by atoms with Gasteiger partial charge in [-0.15, -0.1) is 0 Å². The van der Waals surface area contributed by atoms with Crippen LogP contribution in [0.15, 0.2) is 24.3 Å². The second-order valence-electron chi connectivity index (χ2n) is 4.59. The van der Waals surface area contributed by atoms with E-state index in [0.29, 0.717) is 18.2 Å². The van der Waals surface area contributed by atoms with Crippen molar-refractivity contribution in [1.82, 2.24) is 10.6 Å². The fourth-order valence-corrected chi connectivity index (χ4v) is 2.34. The van der Waals surface area contributed by atoms with Gasteiger partial charge in [0.25, 0.3) is 5.91 Å². The number of rotatable bonds is 4. The van der Waals surface area contributed by atoms with Gasteiger partial charge < -0.3 is 15.4 Å². The van der Waals surface area contributed by atoms with E-state index >= 15 is 0 Å². The first kappa shape index (κ1) is 14.3. The van der Waals surface area contributed by atoms with Gasteiger partial charge in [0.2, 0.25) is 0 Å². The summed E-state index contributed by atoms with van der Waals surface area (Å²) < 4.78 is 5.44. The first-order valence-electron chi connectivity index (χ1n) is 6.59. The van der Waals surface area contributed by atoms with E-state index in [2.05, 4.69) is 10.6 Å². The normalized spacial score (nSPS) is 20.8. The number of morpholine rings is 1. The molecule has 104 valence electrons. The number of hydrogen-bond donors (Lipinski definition) is 2. The van der Waals surface area contributed by atoms with E-state index in [1.807, 2.05) is 31.2 Å². The van der Waals surface area contributed by atoms with Crippen molar-refractivity contribution in [1.29, 1.82) is 0 Å². The predicted molar refractivity (Wildman–Crippen MR) is 75.2 cm³/mol. The molecule has 1 aromatic carbocycles. The third-order valence-electron chi connectivity index (χ3n) is 3.20. The summed E-state index contributed by atoms with van der Waals surface area (Å²) in [6, 6.07) is 7.55. The SMILES string of the molecule is CCC(NC(=O)C1CNCCO1)c1cccc(Cl)c1. The van der Waals surface area contributed by atoms with Gasteiger partial charge in [-0.25, -0.2) is 0 Å². The molecule has 0 radical (unpaired) electrons. The molecule has 1 aliphatic heterocycles. The second kappa shape index (κ2) is 6.89. The second-order valence-corrected chi connectivity index (χ2v) is 5.02. The molecular formula is C14H19ClN2O2. The van der Waals surface area contributed by atoms with Gasteiger partial charge in [0, 0.05) is 18.1 Å². The van der Waals surface area contributed by atoms with E-state index in [1.165, 1.54) is 0 Å². The summed E-state index contributed by atoms with van der Waals surface area (Å²) in [6.07, 6.45) is 0.411. The zero-order valence-electron chi connectivity index (χ0n) is 11.0. The zero-order chi connectivity index (χ0) is 13.7. The Labute approximate surface area is 118 Å². The summed E-state index contributed by atoms with van der Waals surface area (Å²) in [7, 11) is 0. The van der Waals surface area contributed by atoms with Gasteiger partial charge in [0.05, 0.1) is 12.6 Å². The number of benzene rings is 1. The van der Waals surface area contributed by atoms with Crippen LogP contribution in [0.5, 0.6) is 0 Å². The van der Waals surface area contributed by atoms with Gasteiger partial charge in [0.15, 0.2) is 0 Å². The number of carbonyl (C=O) groups excluding carboxylic acids is 1. The number of nitrogens with one attached hydrogen (secondary N) is 2. The summed E-state index contributed by atoms with van der Waals surface area (Å²) in [6.45, 7) is 3.98. The minimum atomic E-state index is -0.401. The predicted octanol–water partition coefficient (Wildman–Crippen LogP) is 1.90. The smallest absolute Gasteiger partial charge is 0.250 e. The minimum absolute atomic E-state index is 0.0308. The highest BCUT2D eigenvalue weighted by Gasteiger charge is 2.24. The maximum Gasteiger partial charge on any atom is 0.250 e. The number of amides is 1. The van der Waals surface area contributed by atoms with Crippen molar-refractivity contribution in [2.24, 2.45) is 0 Å². The van der Waals surface area contributed by atoms with E-state index in [4.69, 9.17) is 16.3 Å². The lowest BCUT2D eigenvalue weighted by atomic mass is 10.0. The van der Waals surface area contributed by atoms with E-state index in [-0.39, 0.29) is 11.9 Å². The average molecular weight is 283 g/mol. The van der Waals surface area contributed by atoms with Crippen molar-refractivity contribution in [3.05, 3.63) is 34.9 Å². The molecule has 2 unspecified atom stereocenters. The van der Waals surface area contributed by atoms with E-state index in [1.54, 1.807) is 0 Å². The van der Waals surface area contributed by atoms with Gasteiger partial charge >= 0.3 is 0 Å². The van der Waals surface area contributed by atoms with E-state index in [9.17, 15) is 4.79 Å². The first-order valence-corrected chi connectivity index (χ1v) is 6.96. The molecule has 5 heteroatoms. The topological polar surface area (TPSA) is 50.4 Å². The summed E-state index contributed by atoms with van der Waals surface area (Å²) in [5.74, 6) is -0.0703. The van der Waals surface area contributed by atoms with Crippen LogP contribution in [-0.4, -0.2) is 31.7 Å². The Hall–Kier alpha value is -1.10. The van der Waals surface area contributed by atoms with Crippen LogP contribution in [0.25, 0.3) is 0 Å². The van der Waals surface area contributed by atoms with Crippen LogP contribution >= 0.6 is 11.6 Å². The summed E-state index contributed by atoms with van der Waals surface area (Å²) >= 11 is 5.98. The van der Waals surface area contributed by atoms with Crippen molar-refractivity contribution in [3.8, 4) is 0 Å². The highest BCUT2D eigenvalue weighted by atomic mass is 35.5. The molecule has 0 aliphatic carbocycles. The van der Waals surface area contributed by atoms with Crippen LogP contribution in [0.3, 0.4) is 0 Å². The Kier molecular flexibility index (Phi) is 5.19. The molecule has 1 saturated heterocycles. The molecule has 1 aliphatic rings. The van der Waals surface area contributed by atoms with Crippen molar-refractivity contribution in [3.63, 3.8) is 0 Å². The molecule has 1 fully saturated rings. The van der Waals surface area contributed by atoms with Crippen molar-refractivity contribution in [2.45, 2.75) is 25.5 Å². The van der Waals surface area contributed by atoms with Crippen molar-refractivity contribution in [2.75, 3.05) is 19.7 Å². The molecule has 0 aromatic heterocycles. The standard InChI is InChI=1S/C14H19ClN2O2/c1-2-12(10-4-3-5-11(15)8-10)17-14(18)13-9-16-6-7-19-13/h3-5,8,12-13,16H,2,6-7,9H2,1H3,(H,17,18). The quantitative estimate of drug-likeness (QED) is 0.887. The average Bonchev–Trinajstić information content (AvgIpc) is 2.45. The van der Waals surface area contributed by atoms with Gasteiger partial charge in [0.1, 0.15) is 6.10 Å². The first-order chi connectivity index (χ1) is 9.20. The number of ether oxygens (including phenoxy) is 1. The highest BCUT2D eigenvalue weighted by molar-refractivity contribution is 6.30. The largest absolute Gasteiger partial charge is 0.366 e. The lowest BCUT2D eigenvalue weighted by Crippen LogP contribution is -2.48. The van der Waals surface area contributed by atoms with Crippen molar-refractivity contribution < 1.29 is 9.53 Å². The van der Waals surface area contributed by atoms with Gasteiger partial charge in [-0.05, 0) is 24.1 Å². The van der Waals surface area contributed by atoms with Crippen LogP contribution < -0.4 is 10.6 Å². The Morgan fingerprint density at radius 2 is 2.47 bits per heavy atom. The van der Waals surface area contributed by atoms with E-state index < -0.39 is 6.10 Å². The maximum atomic E-state index is 12.1. The Bertz CT molecular complexity index is 433. The molecule has 2 N–H and O–H groups in total. The van der Waals surface area contributed by atoms with Crippen LogP contribution in [0, 0.1) is 0 Å². The third-order valence-corrected chi connectivity index (χ3v) is 3.43. The number of halogens is 1. The van der Waals surface area contributed by atoms with E-state index in [0.717, 1.165) is 18.5 Å². The Morgan fingerprint density at radius 1 is 1.63 bits per heavy atom. The molecule has 1 amide bonds. The van der Waals surface area contributed by atoms with Crippen LogP contribution in [0.2, 0.25) is 5.02 Å². The minimum Gasteiger partial charge on any atom is -0.366 e. The molecule has 1 aromatic rings. The Balaban J connectivity index is 2.00. The number of carbonyl (C=O) groups is 1. The fourth-order valence-electron chi connectivity index (χ4n) is 2.14. The third kappa shape index (κ3) is 3.93. The fraction of sp³-hybridized carbons (Fsp3) is 0.500. The van der Waals surface area contributed by atoms with Crippen LogP contribution in [0.1, 0.15) is 24.9 Å². The lowest BCUT2D eigenvalue weighted by Gasteiger charge is -2.25. The molecule has 1 heterocycles. The van der Waals surface area contributed by atoms with Gasteiger partial charge in [-0.3, -0.25) is 4.79 Å². The van der Waals surface area contributed by atoms with Crippen LogP contribution in [0.4, 0.5) is 0 Å². The summed E-state index contributed by atoms with van der Waals surface area (Å²) in [5.41, 5.74) is 1.02. The van der Waals surface area contributed by atoms with Crippen LogP contribution in [-0.2, 0) is 9.53 Å². The Morgan fingerprint density at radius 3 is 3.11 bits per heavy atom. The lowest BCUT2D eigenvalue weighted by molar-refractivity contribution is -0.135. The monoisotopic (exact) mass is 282 g/mol. The highest BCUT2D eigenvalue weighted by Crippen LogP contribution is 2.20.